The Kier molecular flexibility index (Phi) is 22.8. The monoisotopic (exact) mass is 1200 g/mol. The van der Waals surface area contributed by atoms with Crippen LogP contribution in [-0.4, -0.2) is 73.5 Å². The molecule has 82 heavy (non-hydrogen) atoms. The van der Waals surface area contributed by atoms with Crippen LogP contribution in [0, 0.1) is 18.3 Å². The first-order valence-corrected chi connectivity index (χ1v) is 29.9. The van der Waals surface area contributed by atoms with Gasteiger partial charge in [-0.25, -0.2) is 10.1 Å². The third kappa shape index (κ3) is 15.3. The van der Waals surface area contributed by atoms with Gasteiger partial charge in [-0.15, -0.1) is 0 Å². The summed E-state index contributed by atoms with van der Waals surface area (Å²) in [6.45, 7) is 15.8. The Morgan fingerprint density at radius 3 is 2.16 bits per heavy atom. The maximum absolute atomic E-state index is 13.8. The van der Waals surface area contributed by atoms with Crippen LogP contribution in [0.4, 0.5) is 35.9 Å². The van der Waals surface area contributed by atoms with Gasteiger partial charge in [-0.2, -0.15) is 30.7 Å². The maximum atomic E-state index is 13.8. The molecule has 14 nitrogen and oxygen atoms in total. The fourth-order valence-electron chi connectivity index (χ4n) is 9.62. The summed E-state index contributed by atoms with van der Waals surface area (Å²) in [5, 5.41) is 10.7. The van der Waals surface area contributed by atoms with Crippen molar-refractivity contribution in [2.24, 2.45) is 5.84 Å². The van der Waals surface area contributed by atoms with E-state index in [-0.39, 0.29) is 41.8 Å². The van der Waals surface area contributed by atoms with Gasteiger partial charge in [-0.1, -0.05) is 64.8 Å². The van der Waals surface area contributed by atoms with Gasteiger partial charge in [0.1, 0.15) is 40.3 Å². The number of esters is 1. The second-order valence-electron chi connectivity index (χ2n) is 19.6. The fraction of sp³-hybridized carbons (Fsp3) is 0.344. The number of methoxy groups -OCH3 is 1. The summed E-state index contributed by atoms with van der Waals surface area (Å²) < 4.78 is 73.5. The van der Waals surface area contributed by atoms with E-state index in [2.05, 4.69) is 51.0 Å². The number of nitriles is 1. The zero-order chi connectivity index (χ0) is 60.1. The van der Waals surface area contributed by atoms with Crippen LogP contribution in [0.1, 0.15) is 100 Å². The summed E-state index contributed by atoms with van der Waals surface area (Å²) in [5.41, 5.74) is 10.9. The van der Waals surface area contributed by atoms with Crippen LogP contribution in [0.25, 0.3) is 11.1 Å². The Hall–Kier alpha value is -6.72. The number of halogens is 3. The molecule has 0 radical (unpaired) electrons. The van der Waals surface area contributed by atoms with E-state index in [0.717, 1.165) is 73.9 Å². The highest BCUT2D eigenvalue weighted by molar-refractivity contribution is 8.31. The molecule has 1 amide bonds. The molecule has 436 valence electrons. The Bertz CT molecular complexity index is 3240. The molecule has 21 heteroatoms. The SMILES string of the molecule is CC.CCOC(=O)CC(c1ccc(C)c(CN2CC(C)Oc3cc(OCCCCOc4ccc(-c5ccc(N6C(=S)N(c7ccc(C#N)c(C(F)(F)F)c7)C(=O)C6(C)C)cc5)cc4)ccc3S2)c1)c1cc(N)c(N(C)N)c(OC)c1.PS. The zero-order valence-electron chi connectivity index (χ0n) is 47.5. The van der Waals surface area contributed by atoms with E-state index >= 15 is 0 Å². The minimum Gasteiger partial charge on any atom is -0.494 e. The number of hydrogen-bond acceptors (Lipinski definition) is 15. The van der Waals surface area contributed by atoms with Crippen molar-refractivity contribution in [2.45, 2.75) is 103 Å². The molecule has 3 atom stereocenters. The number of aryl methyl sites for hydroxylation is 1. The molecule has 2 heterocycles. The first kappa shape index (κ1) is 64.4. The quantitative estimate of drug-likeness (QED) is 0.00805. The Labute approximate surface area is 496 Å². The molecular weight excluding hydrogens is 1130 g/mol. The van der Waals surface area contributed by atoms with Gasteiger partial charge >= 0.3 is 12.1 Å². The van der Waals surface area contributed by atoms with Crippen LogP contribution in [0.5, 0.6) is 23.0 Å². The Morgan fingerprint density at radius 1 is 0.927 bits per heavy atom. The molecular formula is C61H71F3N7O7PS3. The topological polar surface area (TPSA) is 169 Å². The summed E-state index contributed by atoms with van der Waals surface area (Å²) in [5.74, 6) is 7.61. The van der Waals surface area contributed by atoms with Crippen molar-refractivity contribution in [1.82, 2.24) is 4.31 Å². The molecule has 1 saturated heterocycles. The summed E-state index contributed by atoms with van der Waals surface area (Å²) >= 11 is 10.8. The number of thiol groups is 1. The number of carbonyl (C=O) groups excluding carboxylic acids is 2. The van der Waals surface area contributed by atoms with E-state index in [1.165, 1.54) is 11.1 Å². The van der Waals surface area contributed by atoms with Crippen LogP contribution >= 0.6 is 44.9 Å². The number of unbranched alkanes of at least 4 members (excludes halogenated alkanes) is 1. The summed E-state index contributed by atoms with van der Waals surface area (Å²) in [6, 6.07) is 35.8. The van der Waals surface area contributed by atoms with Gasteiger partial charge in [0.05, 0.1) is 66.8 Å². The van der Waals surface area contributed by atoms with Crippen LogP contribution in [0.3, 0.4) is 0 Å². The van der Waals surface area contributed by atoms with Crippen molar-refractivity contribution in [1.29, 1.82) is 5.26 Å². The molecule has 2 aliphatic heterocycles. The van der Waals surface area contributed by atoms with E-state index < -0.39 is 28.7 Å². The molecule has 0 aromatic heterocycles. The van der Waals surface area contributed by atoms with E-state index in [9.17, 15) is 28.0 Å². The van der Waals surface area contributed by atoms with Gasteiger partial charge < -0.3 is 39.3 Å². The molecule has 8 rings (SSSR count). The molecule has 0 spiro atoms. The van der Waals surface area contributed by atoms with Crippen molar-refractivity contribution >= 4 is 84.6 Å². The van der Waals surface area contributed by atoms with Gasteiger partial charge in [0.25, 0.3) is 5.91 Å². The molecule has 2 aliphatic rings. The van der Waals surface area contributed by atoms with Crippen molar-refractivity contribution in [3.05, 3.63) is 149 Å². The molecule has 6 aromatic carbocycles. The number of rotatable bonds is 19. The second kappa shape index (κ2) is 29.0. The van der Waals surface area contributed by atoms with Crippen molar-refractivity contribution in [2.75, 3.05) is 61.1 Å². The number of nitrogens with zero attached hydrogens (tertiary/aromatic N) is 5. The number of anilines is 4. The van der Waals surface area contributed by atoms with Gasteiger partial charge in [-0.05, 0) is 172 Å². The summed E-state index contributed by atoms with van der Waals surface area (Å²) in [7, 11) is 5.37. The van der Waals surface area contributed by atoms with Gasteiger partial charge in [0, 0.05) is 37.8 Å². The standard InChI is InChI=1S/C59H62F3N7O7S2.C2H6.H3PS/c1-8-73-54(70)32-48(42-28-50(64)55(66(6)65)52(29-42)72-7)40-12-11-36(2)43(27-40)35-67-34-37(3)76-51-31-47(23-24-53(51)78-67)75-26-10-9-25-74-46-21-16-39(17-22-46)38-13-18-44(19-14-38)69-57(77)68(56(71)58(69,4)5)45-20-15-41(33-63)49(30-45)59(60,61)62;2*1-2/h11-24,27-31,37,48H,8-10,25-26,32,34-35,64-65H2,1-7H3;1-2H3;2H,1H2. The lowest BCUT2D eigenvalue weighted by Gasteiger charge is -2.29. The van der Waals surface area contributed by atoms with Gasteiger partial charge in [0.15, 0.2) is 5.11 Å². The first-order chi connectivity index (χ1) is 39.2. The lowest BCUT2D eigenvalue weighted by molar-refractivity contribution is -0.143. The number of fused-ring (bicyclic) bond motifs is 1. The molecule has 0 bridgehead atoms. The molecule has 0 saturated carbocycles. The minimum atomic E-state index is -4.79. The van der Waals surface area contributed by atoms with E-state index in [0.29, 0.717) is 60.6 Å². The predicted octanol–water partition coefficient (Wildman–Crippen LogP) is 13.7. The molecule has 4 N–H and O–H groups in total. The number of thiocarbonyl (C=S) groups is 1. The maximum Gasteiger partial charge on any atom is 0.417 e. The number of carbonyl (C=O) groups is 2. The molecule has 0 aliphatic carbocycles. The highest BCUT2D eigenvalue weighted by Crippen LogP contribution is 2.43. The highest BCUT2D eigenvalue weighted by atomic mass is 32.7. The summed E-state index contributed by atoms with van der Waals surface area (Å²) in [6.07, 6.45) is -3.27. The van der Waals surface area contributed by atoms with Crippen LogP contribution < -0.4 is 45.3 Å². The van der Waals surface area contributed by atoms with Crippen molar-refractivity contribution in [3.8, 4) is 40.2 Å². The largest absolute Gasteiger partial charge is 0.494 e. The number of hydrazine groups is 1. The number of hydrogen-bond donors (Lipinski definition) is 3. The third-order valence-electron chi connectivity index (χ3n) is 13.6. The Balaban J connectivity index is 0.00000264. The van der Waals surface area contributed by atoms with Gasteiger partial charge in [0.2, 0.25) is 0 Å². The highest BCUT2D eigenvalue weighted by Gasteiger charge is 2.51. The van der Waals surface area contributed by atoms with Crippen molar-refractivity contribution < 1.29 is 46.4 Å². The van der Waals surface area contributed by atoms with E-state index in [1.807, 2.05) is 98.8 Å². The van der Waals surface area contributed by atoms with Gasteiger partial charge in [-0.3, -0.25) is 14.5 Å². The number of benzene rings is 6. The predicted molar refractivity (Wildman–Crippen MR) is 332 cm³/mol. The zero-order valence-corrected chi connectivity index (χ0v) is 51.2. The number of alkyl halides is 3. The number of amides is 1. The first-order valence-electron chi connectivity index (χ1n) is 26.7. The van der Waals surface area contributed by atoms with Crippen LogP contribution in [0.2, 0.25) is 0 Å². The summed E-state index contributed by atoms with van der Waals surface area (Å²) in [4.78, 5) is 30.4. The molecule has 6 aromatic rings. The lowest BCUT2D eigenvalue weighted by atomic mass is 9.86. The molecule has 3 unspecified atom stereocenters. The van der Waals surface area contributed by atoms with E-state index in [4.69, 9.17) is 47.5 Å². The van der Waals surface area contributed by atoms with E-state index in [1.54, 1.807) is 57.8 Å². The smallest absolute Gasteiger partial charge is 0.417 e. The number of ether oxygens (including phenoxy) is 5. The average Bonchev–Trinajstić information content (AvgIpc) is 3.73. The number of nitrogens with two attached hydrogens (primary N) is 2. The average molecular weight is 1200 g/mol. The lowest BCUT2D eigenvalue weighted by Crippen LogP contribution is -2.44. The normalized spacial score (nSPS) is 15.1. The van der Waals surface area contributed by atoms with Crippen LogP contribution in [-0.2, 0) is 27.0 Å². The third-order valence-corrected chi connectivity index (χ3v) is 15.0. The minimum absolute atomic E-state index is 0.0243. The Morgan fingerprint density at radius 2 is 1.55 bits per heavy atom. The molecule has 1 fully saturated rings. The van der Waals surface area contributed by atoms with Crippen molar-refractivity contribution in [3.63, 3.8) is 0 Å². The fourth-order valence-corrected chi connectivity index (χ4v) is 11.2. The number of nitrogen functional groups attached to an aromatic ring is 1. The van der Waals surface area contributed by atoms with Crippen LogP contribution in [0.15, 0.2) is 120 Å². The second-order valence-corrected chi connectivity index (χ2v) is 21.1.